The first-order valence-electron chi connectivity index (χ1n) is 2.84. The van der Waals surface area contributed by atoms with Gasteiger partial charge in [-0.2, -0.15) is 0 Å². The van der Waals surface area contributed by atoms with Crippen LogP contribution in [0.1, 0.15) is 13.3 Å². The Kier molecular flexibility index (Phi) is 1.55. The average Bonchev–Trinajstić information content (AvgIpc) is 2.41. The highest BCUT2D eigenvalue weighted by Crippen LogP contribution is 2.51. The highest BCUT2D eigenvalue weighted by molar-refractivity contribution is 9.09. The zero-order valence-corrected chi connectivity index (χ0v) is 7.06. The number of alkyl halides is 1. The number of methoxy groups -OCH3 is 1. The first-order chi connectivity index (χ1) is 4.11. The maximum Gasteiger partial charge on any atom is 0.312 e. The van der Waals surface area contributed by atoms with Gasteiger partial charge in [-0.1, -0.05) is 15.9 Å². The van der Waals surface area contributed by atoms with E-state index >= 15 is 0 Å². The third kappa shape index (κ3) is 0.980. The zero-order valence-electron chi connectivity index (χ0n) is 5.48. The van der Waals surface area contributed by atoms with Crippen molar-refractivity contribution in [1.29, 1.82) is 0 Å². The molecule has 1 aliphatic carbocycles. The van der Waals surface area contributed by atoms with Gasteiger partial charge in [0.2, 0.25) is 0 Å². The van der Waals surface area contributed by atoms with Gasteiger partial charge in [0.25, 0.3) is 0 Å². The molecule has 0 aromatic carbocycles. The van der Waals surface area contributed by atoms with Crippen LogP contribution in [0.15, 0.2) is 0 Å². The van der Waals surface area contributed by atoms with Crippen molar-refractivity contribution in [3.63, 3.8) is 0 Å². The van der Waals surface area contributed by atoms with E-state index in [1.165, 1.54) is 7.11 Å². The van der Waals surface area contributed by atoms with Crippen molar-refractivity contribution in [2.24, 2.45) is 5.41 Å². The van der Waals surface area contributed by atoms with Gasteiger partial charge in [0.15, 0.2) is 0 Å². The molecule has 52 valence electrons. The first-order valence-corrected chi connectivity index (χ1v) is 3.75. The predicted octanol–water partition coefficient (Wildman–Crippen LogP) is 1.33. The number of halogens is 1. The Balaban J connectivity index is 2.53. The van der Waals surface area contributed by atoms with Crippen LogP contribution in [-0.2, 0) is 9.53 Å². The highest BCUT2D eigenvalue weighted by Gasteiger charge is 2.55. The molecule has 0 bridgehead atoms. The summed E-state index contributed by atoms with van der Waals surface area (Å²) in [7, 11) is 1.42. The fourth-order valence-electron chi connectivity index (χ4n) is 0.758. The molecule has 0 unspecified atom stereocenters. The van der Waals surface area contributed by atoms with E-state index in [4.69, 9.17) is 0 Å². The molecule has 0 amide bonds. The topological polar surface area (TPSA) is 26.3 Å². The lowest BCUT2D eigenvalue weighted by Crippen LogP contribution is -2.15. The summed E-state index contributed by atoms with van der Waals surface area (Å²) < 4.78 is 4.58. The number of hydrogen-bond acceptors (Lipinski definition) is 2. The molecule has 0 spiro atoms. The number of hydrogen-bond donors (Lipinski definition) is 0. The quantitative estimate of drug-likeness (QED) is 0.463. The largest absolute Gasteiger partial charge is 0.469 e. The Morgan fingerprint density at radius 1 is 1.89 bits per heavy atom. The molecule has 9 heavy (non-hydrogen) atoms. The Morgan fingerprint density at radius 2 is 2.33 bits per heavy atom. The predicted molar refractivity (Wildman–Crippen MR) is 37.5 cm³/mol. The third-order valence-corrected chi connectivity index (χ3v) is 3.12. The van der Waals surface area contributed by atoms with Gasteiger partial charge in [-0.05, 0) is 13.3 Å². The standard InChI is InChI=1S/C6H9BrO2/c1-6(3-4(6)7)5(8)9-2/h4H,3H2,1-2H3/t4-,6-/m1/s1. The monoisotopic (exact) mass is 192 g/mol. The molecule has 2 atom stereocenters. The van der Waals surface area contributed by atoms with E-state index in [1.807, 2.05) is 6.92 Å². The Hall–Kier alpha value is -0.0500. The van der Waals surface area contributed by atoms with Crippen molar-refractivity contribution in [2.45, 2.75) is 18.2 Å². The van der Waals surface area contributed by atoms with Crippen LogP contribution in [0.5, 0.6) is 0 Å². The minimum Gasteiger partial charge on any atom is -0.469 e. The molecule has 0 saturated heterocycles. The van der Waals surface area contributed by atoms with Crippen LogP contribution in [-0.4, -0.2) is 17.9 Å². The van der Waals surface area contributed by atoms with E-state index < -0.39 is 0 Å². The van der Waals surface area contributed by atoms with Crippen molar-refractivity contribution >= 4 is 21.9 Å². The molecular weight excluding hydrogens is 184 g/mol. The third-order valence-electron chi connectivity index (χ3n) is 1.79. The highest BCUT2D eigenvalue weighted by atomic mass is 79.9. The van der Waals surface area contributed by atoms with Crippen LogP contribution in [0.2, 0.25) is 0 Å². The number of esters is 1. The second kappa shape index (κ2) is 1.97. The summed E-state index contributed by atoms with van der Waals surface area (Å²) in [5.74, 6) is -0.107. The molecule has 1 rings (SSSR count). The molecule has 1 fully saturated rings. The molecule has 1 saturated carbocycles. The van der Waals surface area contributed by atoms with Gasteiger partial charge >= 0.3 is 5.97 Å². The molecule has 0 aromatic rings. The van der Waals surface area contributed by atoms with Crippen LogP contribution < -0.4 is 0 Å². The number of carbonyl (C=O) groups is 1. The maximum atomic E-state index is 10.9. The first kappa shape index (κ1) is 7.06. The van der Waals surface area contributed by atoms with E-state index in [-0.39, 0.29) is 11.4 Å². The zero-order chi connectivity index (χ0) is 7.07. The molecule has 0 radical (unpaired) electrons. The number of rotatable bonds is 1. The van der Waals surface area contributed by atoms with Crippen LogP contribution >= 0.6 is 15.9 Å². The molecule has 0 aliphatic heterocycles. The van der Waals surface area contributed by atoms with Crippen molar-refractivity contribution in [3.05, 3.63) is 0 Å². The lowest BCUT2D eigenvalue weighted by molar-refractivity contribution is -0.146. The average molecular weight is 193 g/mol. The minimum atomic E-state index is -0.227. The van der Waals surface area contributed by atoms with Crippen molar-refractivity contribution in [1.82, 2.24) is 0 Å². The molecule has 0 N–H and O–H groups in total. The molecule has 3 heteroatoms. The lowest BCUT2D eigenvalue weighted by atomic mass is 10.1. The maximum absolute atomic E-state index is 10.9. The van der Waals surface area contributed by atoms with E-state index in [9.17, 15) is 4.79 Å². The van der Waals surface area contributed by atoms with Crippen LogP contribution in [0.4, 0.5) is 0 Å². The van der Waals surface area contributed by atoms with Gasteiger partial charge in [0.05, 0.1) is 12.5 Å². The molecule has 2 nitrogen and oxygen atoms in total. The van der Waals surface area contributed by atoms with Gasteiger partial charge in [-0.25, -0.2) is 0 Å². The lowest BCUT2D eigenvalue weighted by Gasteiger charge is -2.03. The van der Waals surface area contributed by atoms with Crippen LogP contribution in [0.3, 0.4) is 0 Å². The summed E-state index contributed by atoms with van der Waals surface area (Å²) in [5.41, 5.74) is -0.227. The molecule has 0 aromatic heterocycles. The number of ether oxygens (including phenoxy) is 1. The summed E-state index contributed by atoms with van der Waals surface area (Å²) in [6, 6.07) is 0. The fourth-order valence-corrected chi connectivity index (χ4v) is 1.62. The van der Waals surface area contributed by atoms with Crippen molar-refractivity contribution in [3.8, 4) is 0 Å². The van der Waals surface area contributed by atoms with E-state index in [1.54, 1.807) is 0 Å². The van der Waals surface area contributed by atoms with Crippen molar-refractivity contribution < 1.29 is 9.53 Å². The van der Waals surface area contributed by atoms with Crippen molar-refractivity contribution in [2.75, 3.05) is 7.11 Å². The molecule has 0 heterocycles. The second-order valence-electron chi connectivity index (χ2n) is 2.58. The van der Waals surface area contributed by atoms with E-state index in [0.29, 0.717) is 4.83 Å². The van der Waals surface area contributed by atoms with Gasteiger partial charge in [-0.15, -0.1) is 0 Å². The second-order valence-corrected chi connectivity index (χ2v) is 3.69. The van der Waals surface area contributed by atoms with Gasteiger partial charge in [0, 0.05) is 4.83 Å². The summed E-state index contributed by atoms with van der Waals surface area (Å²) >= 11 is 3.35. The fraction of sp³-hybridized carbons (Fsp3) is 0.833. The summed E-state index contributed by atoms with van der Waals surface area (Å²) in [5, 5.41) is 0. The van der Waals surface area contributed by atoms with Crippen LogP contribution in [0, 0.1) is 5.41 Å². The smallest absolute Gasteiger partial charge is 0.312 e. The minimum absolute atomic E-state index is 0.107. The SMILES string of the molecule is COC(=O)[C@]1(C)C[C@H]1Br. The Labute approximate surface area is 62.7 Å². The molecule has 1 aliphatic rings. The Morgan fingerprint density at radius 3 is 2.44 bits per heavy atom. The normalized spacial score (nSPS) is 40.1. The Bertz CT molecular complexity index is 146. The van der Waals surface area contributed by atoms with Gasteiger partial charge in [0.1, 0.15) is 0 Å². The number of carbonyl (C=O) groups excluding carboxylic acids is 1. The van der Waals surface area contributed by atoms with E-state index in [0.717, 1.165) is 6.42 Å². The van der Waals surface area contributed by atoms with Gasteiger partial charge < -0.3 is 4.74 Å². The van der Waals surface area contributed by atoms with E-state index in [2.05, 4.69) is 20.7 Å². The summed E-state index contributed by atoms with van der Waals surface area (Å²) in [4.78, 5) is 11.2. The summed E-state index contributed by atoms with van der Waals surface area (Å²) in [6.45, 7) is 1.90. The summed E-state index contributed by atoms with van der Waals surface area (Å²) in [6.07, 6.45) is 0.902. The van der Waals surface area contributed by atoms with Crippen LogP contribution in [0.25, 0.3) is 0 Å². The van der Waals surface area contributed by atoms with Gasteiger partial charge in [-0.3, -0.25) is 4.79 Å². The molecular formula is C6H9BrO2.